The van der Waals surface area contributed by atoms with Crippen molar-refractivity contribution in [2.75, 3.05) is 13.2 Å². The topological polar surface area (TPSA) is 142 Å². The number of unbranched alkanes of at least 4 members (excludes halogenated alkanes) is 11. The molecule has 4 N–H and O–H groups in total. The minimum Gasteiger partial charge on any atom is -0.480 e. The molecule has 0 rings (SSSR count). The van der Waals surface area contributed by atoms with Crippen LogP contribution in [0.1, 0.15) is 136 Å². The summed E-state index contributed by atoms with van der Waals surface area (Å²) in [5.74, 6) is -2.41. The number of rotatable bonds is 27. The number of hydrogen-bond donors (Lipinski definition) is 4. The van der Waals surface area contributed by atoms with E-state index >= 15 is 0 Å². The van der Waals surface area contributed by atoms with E-state index in [1.54, 1.807) is 0 Å². The third-order valence-electron chi connectivity index (χ3n) is 6.76. The molecule has 0 aromatic carbocycles. The first-order chi connectivity index (χ1) is 19.3. The number of hydrogen-bond acceptors (Lipinski definition) is 6. The molecule has 0 heterocycles. The maximum Gasteiger partial charge on any atom is 0.328 e. The average molecular weight is 569 g/mol. The van der Waals surface area contributed by atoms with Gasteiger partial charge in [-0.15, -0.1) is 0 Å². The second-order valence-electron chi connectivity index (χ2n) is 10.5. The van der Waals surface area contributed by atoms with Crippen molar-refractivity contribution in [3.05, 3.63) is 12.2 Å². The molecule has 2 amide bonds. The lowest BCUT2D eigenvalue weighted by atomic mass is 10.0. The zero-order valence-corrected chi connectivity index (χ0v) is 25.1. The number of carbonyl (C=O) groups excluding carboxylic acids is 3. The number of esters is 1. The molecule has 0 aliphatic rings. The van der Waals surface area contributed by atoms with Gasteiger partial charge in [0.05, 0.1) is 13.2 Å². The fourth-order valence-electron chi connectivity index (χ4n) is 4.28. The molecule has 0 spiro atoms. The Morgan fingerprint density at radius 2 is 1.30 bits per heavy atom. The number of aliphatic hydroxyl groups excluding tert-OH is 1. The Labute approximate surface area is 241 Å². The van der Waals surface area contributed by atoms with E-state index in [-0.39, 0.29) is 30.9 Å². The number of amides is 2. The summed E-state index contributed by atoms with van der Waals surface area (Å²) in [5, 5.41) is 22.3. The Morgan fingerprint density at radius 1 is 0.725 bits per heavy atom. The van der Waals surface area contributed by atoms with Gasteiger partial charge in [-0.05, 0) is 57.8 Å². The zero-order valence-electron chi connectivity index (χ0n) is 25.1. The Morgan fingerprint density at radius 3 is 1.95 bits per heavy atom. The zero-order chi connectivity index (χ0) is 29.8. The highest BCUT2D eigenvalue weighted by atomic mass is 16.5. The molecule has 0 aromatic rings. The largest absolute Gasteiger partial charge is 0.480 e. The van der Waals surface area contributed by atoms with Gasteiger partial charge in [-0.2, -0.15) is 0 Å². The highest BCUT2D eigenvalue weighted by Gasteiger charge is 2.19. The standard InChI is InChI=1S/C31H56N2O7/c1-3-5-7-8-9-10-11-12-13-14-15-19-23-30(37)40-26(20-6-4-2)21-17-16-18-22-28(35)32-24-29(36)33-27(25-34)31(38)39/h9-10,26-27,34H,3-8,11-25H2,1-2H3,(H,32,35)(H,33,36)(H,38,39)/b10-9-. The van der Waals surface area contributed by atoms with Crippen LogP contribution in [-0.4, -0.2) is 59.3 Å². The second kappa shape index (κ2) is 26.8. The molecule has 0 aromatic heterocycles. The van der Waals surface area contributed by atoms with Crippen LogP contribution in [0.15, 0.2) is 12.2 Å². The van der Waals surface area contributed by atoms with Gasteiger partial charge in [-0.3, -0.25) is 14.4 Å². The van der Waals surface area contributed by atoms with Crippen LogP contribution in [0, 0.1) is 0 Å². The number of carboxylic acids is 1. The predicted octanol–water partition coefficient (Wildman–Crippen LogP) is 5.58. The summed E-state index contributed by atoms with van der Waals surface area (Å²) < 4.78 is 5.77. The van der Waals surface area contributed by atoms with Gasteiger partial charge in [-0.1, -0.05) is 77.4 Å². The molecule has 0 bridgehead atoms. The Kier molecular flexibility index (Phi) is 25.2. The van der Waals surface area contributed by atoms with Crippen LogP contribution in [0.3, 0.4) is 0 Å². The van der Waals surface area contributed by atoms with E-state index in [2.05, 4.69) is 36.6 Å². The SMILES string of the molecule is CCCCC/C=C\CCCCCCCC(=O)OC(CCCC)CCCCCC(=O)NCC(=O)NC(CO)C(=O)O. The number of ether oxygens (including phenoxy) is 1. The van der Waals surface area contributed by atoms with Crippen molar-refractivity contribution in [2.24, 2.45) is 0 Å². The van der Waals surface area contributed by atoms with E-state index in [0.717, 1.165) is 64.2 Å². The molecule has 0 aliphatic heterocycles. The average Bonchev–Trinajstić information content (AvgIpc) is 2.93. The molecule has 0 radical (unpaired) electrons. The molecule has 0 saturated carbocycles. The van der Waals surface area contributed by atoms with Crippen molar-refractivity contribution >= 4 is 23.8 Å². The maximum absolute atomic E-state index is 12.4. The van der Waals surface area contributed by atoms with Crippen molar-refractivity contribution in [2.45, 2.75) is 148 Å². The van der Waals surface area contributed by atoms with Crippen LogP contribution in [0.2, 0.25) is 0 Å². The number of nitrogens with one attached hydrogen (secondary N) is 2. The Balaban J connectivity index is 3.98. The van der Waals surface area contributed by atoms with Crippen LogP contribution in [0.4, 0.5) is 0 Å². The van der Waals surface area contributed by atoms with Crippen molar-refractivity contribution < 1.29 is 34.1 Å². The Bertz CT molecular complexity index is 712. The molecule has 9 heteroatoms. The van der Waals surface area contributed by atoms with Crippen LogP contribution < -0.4 is 10.6 Å². The maximum atomic E-state index is 12.4. The van der Waals surface area contributed by atoms with Gasteiger partial charge in [0.25, 0.3) is 0 Å². The van der Waals surface area contributed by atoms with E-state index in [9.17, 15) is 19.2 Å². The summed E-state index contributed by atoms with van der Waals surface area (Å²) in [6, 6.07) is -1.39. The smallest absolute Gasteiger partial charge is 0.328 e. The molecule has 0 fully saturated rings. The summed E-state index contributed by atoms with van der Waals surface area (Å²) in [6.07, 6.45) is 22.9. The van der Waals surface area contributed by atoms with Gasteiger partial charge in [0.1, 0.15) is 12.1 Å². The Hall–Kier alpha value is -2.42. The number of carboxylic acid groups (broad SMARTS) is 1. The lowest BCUT2D eigenvalue weighted by Gasteiger charge is -2.18. The normalized spacial score (nSPS) is 12.7. The summed E-state index contributed by atoms with van der Waals surface area (Å²) in [6.45, 7) is 3.28. The van der Waals surface area contributed by atoms with Gasteiger partial charge in [0.15, 0.2) is 0 Å². The molecule has 0 saturated heterocycles. The molecular weight excluding hydrogens is 512 g/mol. The third kappa shape index (κ3) is 23.5. The molecule has 232 valence electrons. The third-order valence-corrected chi connectivity index (χ3v) is 6.76. The quantitative estimate of drug-likeness (QED) is 0.0575. The molecule has 0 aliphatic carbocycles. The van der Waals surface area contributed by atoms with E-state index in [0.29, 0.717) is 12.8 Å². The van der Waals surface area contributed by atoms with Gasteiger partial charge in [0, 0.05) is 12.8 Å². The molecule has 2 unspecified atom stereocenters. The number of allylic oxidation sites excluding steroid dienone is 2. The van der Waals surface area contributed by atoms with Crippen LogP contribution in [0.5, 0.6) is 0 Å². The predicted molar refractivity (Wildman–Crippen MR) is 158 cm³/mol. The summed E-state index contributed by atoms with van der Waals surface area (Å²) >= 11 is 0. The first-order valence-corrected chi connectivity index (χ1v) is 15.6. The van der Waals surface area contributed by atoms with Crippen molar-refractivity contribution in [3.8, 4) is 0 Å². The summed E-state index contributed by atoms with van der Waals surface area (Å²) in [5.41, 5.74) is 0. The first-order valence-electron chi connectivity index (χ1n) is 15.6. The van der Waals surface area contributed by atoms with Crippen LogP contribution in [0.25, 0.3) is 0 Å². The lowest BCUT2D eigenvalue weighted by Crippen LogP contribution is -2.47. The van der Waals surface area contributed by atoms with Crippen molar-refractivity contribution in [1.82, 2.24) is 10.6 Å². The molecule has 9 nitrogen and oxygen atoms in total. The van der Waals surface area contributed by atoms with E-state index in [4.69, 9.17) is 14.9 Å². The van der Waals surface area contributed by atoms with E-state index in [1.165, 1.54) is 38.5 Å². The highest BCUT2D eigenvalue weighted by Crippen LogP contribution is 2.16. The molecule has 40 heavy (non-hydrogen) atoms. The monoisotopic (exact) mass is 568 g/mol. The van der Waals surface area contributed by atoms with Gasteiger partial charge < -0.3 is 25.6 Å². The fourth-order valence-corrected chi connectivity index (χ4v) is 4.28. The lowest BCUT2D eigenvalue weighted by molar-refractivity contribution is -0.150. The molecule has 2 atom stereocenters. The second-order valence-corrected chi connectivity index (χ2v) is 10.5. The number of carbonyl (C=O) groups is 4. The summed E-state index contributed by atoms with van der Waals surface area (Å²) in [7, 11) is 0. The van der Waals surface area contributed by atoms with Crippen LogP contribution >= 0.6 is 0 Å². The van der Waals surface area contributed by atoms with Gasteiger partial charge in [-0.25, -0.2) is 4.79 Å². The van der Waals surface area contributed by atoms with Gasteiger partial charge in [0.2, 0.25) is 11.8 Å². The van der Waals surface area contributed by atoms with Crippen LogP contribution in [-0.2, 0) is 23.9 Å². The highest BCUT2D eigenvalue weighted by molar-refractivity contribution is 5.87. The van der Waals surface area contributed by atoms with Gasteiger partial charge >= 0.3 is 11.9 Å². The minimum atomic E-state index is -1.39. The first kappa shape index (κ1) is 37.6. The number of aliphatic hydroxyl groups is 1. The van der Waals surface area contributed by atoms with E-state index < -0.39 is 24.5 Å². The fraction of sp³-hybridized carbons (Fsp3) is 0.806. The number of aliphatic carboxylic acids is 1. The van der Waals surface area contributed by atoms with Crippen molar-refractivity contribution in [1.29, 1.82) is 0 Å². The summed E-state index contributed by atoms with van der Waals surface area (Å²) in [4.78, 5) is 46.8. The van der Waals surface area contributed by atoms with E-state index in [1.807, 2.05) is 0 Å². The van der Waals surface area contributed by atoms with Crippen molar-refractivity contribution in [3.63, 3.8) is 0 Å². The molecular formula is C31H56N2O7. The minimum absolute atomic E-state index is 0.0807.